The highest BCUT2D eigenvalue weighted by molar-refractivity contribution is 5.31. The molecule has 0 aliphatic rings. The van der Waals surface area contributed by atoms with Gasteiger partial charge in [0.25, 0.3) is 0 Å². The van der Waals surface area contributed by atoms with Crippen molar-refractivity contribution >= 4 is 0 Å². The highest BCUT2D eigenvalue weighted by Crippen LogP contribution is 2.19. The molecule has 51 heavy (non-hydrogen) atoms. The predicted molar refractivity (Wildman–Crippen MR) is 212 cm³/mol. The third-order valence-electron chi connectivity index (χ3n) is 9.68. The molecule has 0 heterocycles. The van der Waals surface area contributed by atoms with Crippen molar-refractivity contribution in [3.05, 3.63) is 143 Å². The van der Waals surface area contributed by atoms with Crippen LogP contribution in [-0.4, -0.2) is 89.1 Å². The van der Waals surface area contributed by atoms with Gasteiger partial charge in [-0.1, -0.05) is 109 Å². The van der Waals surface area contributed by atoms with Crippen LogP contribution in [0.25, 0.3) is 0 Å². The Balaban J connectivity index is 1.42. The number of nitrogens with zero attached hydrogens (tertiary/aromatic N) is 3. The predicted octanol–water partition coefficient (Wildman–Crippen LogP) is 7.14. The van der Waals surface area contributed by atoms with Gasteiger partial charge in [-0.05, 0) is 111 Å². The third-order valence-corrected chi connectivity index (χ3v) is 9.68. The van der Waals surface area contributed by atoms with Gasteiger partial charge in [0, 0.05) is 39.3 Å². The molecule has 4 rings (SSSR count). The maximum absolute atomic E-state index is 9.96. The van der Waals surface area contributed by atoms with Crippen LogP contribution < -0.4 is 0 Å². The number of aliphatic hydroxyl groups is 3. The number of aliphatic hydroxyl groups excluding tert-OH is 3. The van der Waals surface area contributed by atoms with E-state index in [4.69, 9.17) is 0 Å². The molecule has 0 aliphatic heterocycles. The van der Waals surface area contributed by atoms with Crippen LogP contribution in [0.2, 0.25) is 0 Å². The summed E-state index contributed by atoms with van der Waals surface area (Å²) in [4.78, 5) is 7.16. The second-order valence-corrected chi connectivity index (χ2v) is 14.0. The lowest BCUT2D eigenvalue weighted by Gasteiger charge is -2.26. The van der Waals surface area contributed by atoms with Crippen LogP contribution in [0.5, 0.6) is 0 Å². The van der Waals surface area contributed by atoms with Crippen LogP contribution in [0.1, 0.15) is 71.9 Å². The molecule has 0 aromatic heterocycles. The summed E-state index contributed by atoms with van der Waals surface area (Å²) >= 11 is 0. The summed E-state index contributed by atoms with van der Waals surface area (Å²) in [6.45, 7) is 7.62. The van der Waals surface area contributed by atoms with Crippen LogP contribution in [0.4, 0.5) is 0 Å². The van der Waals surface area contributed by atoms with Crippen molar-refractivity contribution in [1.82, 2.24) is 14.7 Å². The minimum atomic E-state index is 0.145. The van der Waals surface area contributed by atoms with Crippen molar-refractivity contribution in [2.45, 2.75) is 77.4 Å². The largest absolute Gasteiger partial charge is 0.395 e. The molecule has 0 saturated heterocycles. The van der Waals surface area contributed by atoms with Crippen molar-refractivity contribution in [1.29, 1.82) is 0 Å². The second kappa shape index (κ2) is 24.8. The zero-order valence-corrected chi connectivity index (χ0v) is 30.9. The summed E-state index contributed by atoms with van der Waals surface area (Å²) in [5.41, 5.74) is 7.93. The minimum absolute atomic E-state index is 0.145. The van der Waals surface area contributed by atoms with Gasteiger partial charge in [0.15, 0.2) is 0 Å². The molecule has 6 heteroatoms. The summed E-state index contributed by atoms with van der Waals surface area (Å²) in [6, 6.07) is 39.1. The molecular weight excluding hydrogens is 631 g/mol. The third kappa shape index (κ3) is 16.7. The molecule has 0 bridgehead atoms. The van der Waals surface area contributed by atoms with E-state index in [1.807, 2.05) is 0 Å². The van der Waals surface area contributed by atoms with E-state index in [1.165, 1.54) is 33.4 Å². The zero-order chi connectivity index (χ0) is 35.8. The monoisotopic (exact) mass is 693 g/mol. The molecule has 0 fully saturated rings. The first-order chi connectivity index (χ1) is 25.1. The average Bonchev–Trinajstić information content (AvgIpc) is 3.15. The molecule has 0 aliphatic carbocycles. The Morgan fingerprint density at radius 1 is 0.314 bits per heavy atom. The first-order valence-corrected chi connectivity index (χ1v) is 19.4. The molecule has 0 radical (unpaired) electrons. The Bertz CT molecular complexity index is 1250. The molecule has 0 atom stereocenters. The summed E-state index contributed by atoms with van der Waals surface area (Å²) in [7, 11) is 0. The SMILES string of the molecule is OCCN(CCCCc1ccccc1)Cc1cc(CN(CCO)CCCCc2ccccc2)cc(CN(CCO)CCCCc2ccccc2)c1. The number of benzene rings is 4. The average molecular weight is 694 g/mol. The molecule has 0 spiro atoms. The molecule has 0 saturated carbocycles. The Morgan fingerprint density at radius 2 is 0.588 bits per heavy atom. The van der Waals surface area contributed by atoms with Crippen LogP contribution >= 0.6 is 0 Å². The molecule has 0 unspecified atom stereocenters. The normalized spacial score (nSPS) is 11.6. The molecule has 6 nitrogen and oxygen atoms in total. The minimum Gasteiger partial charge on any atom is -0.395 e. The number of rotatable bonds is 27. The summed E-state index contributed by atoms with van der Waals surface area (Å²) in [6.07, 6.45) is 9.85. The van der Waals surface area contributed by atoms with Crippen LogP contribution in [-0.2, 0) is 38.9 Å². The Hall–Kier alpha value is -3.36. The number of unbranched alkanes of at least 4 members (excludes halogenated alkanes) is 3. The quantitative estimate of drug-likeness (QED) is 0.0578. The van der Waals surface area contributed by atoms with Gasteiger partial charge in [-0.15, -0.1) is 0 Å². The highest BCUT2D eigenvalue weighted by Gasteiger charge is 2.13. The van der Waals surface area contributed by atoms with E-state index in [0.29, 0.717) is 19.6 Å². The Morgan fingerprint density at radius 3 is 0.843 bits per heavy atom. The Labute approximate surface area is 308 Å². The number of aryl methyl sites for hydroxylation is 3. The van der Waals surface area contributed by atoms with Crippen molar-refractivity contribution < 1.29 is 15.3 Å². The zero-order valence-electron chi connectivity index (χ0n) is 30.9. The second-order valence-electron chi connectivity index (χ2n) is 14.0. The fourth-order valence-electron chi connectivity index (χ4n) is 7.05. The van der Waals surface area contributed by atoms with Gasteiger partial charge in [-0.25, -0.2) is 0 Å². The molecular formula is C45H63N3O3. The van der Waals surface area contributed by atoms with Gasteiger partial charge in [0.1, 0.15) is 0 Å². The molecule has 4 aromatic carbocycles. The van der Waals surface area contributed by atoms with Crippen LogP contribution in [0, 0.1) is 0 Å². The first kappa shape index (κ1) is 40.4. The lowest BCUT2D eigenvalue weighted by molar-refractivity contribution is 0.184. The number of hydrogen-bond donors (Lipinski definition) is 3. The van der Waals surface area contributed by atoms with Crippen molar-refractivity contribution in [2.24, 2.45) is 0 Å². The lowest BCUT2D eigenvalue weighted by atomic mass is 10.0. The van der Waals surface area contributed by atoms with E-state index in [1.54, 1.807) is 0 Å². The smallest absolute Gasteiger partial charge is 0.0558 e. The molecule has 3 N–H and O–H groups in total. The molecule has 0 amide bonds. The van der Waals surface area contributed by atoms with E-state index in [2.05, 4.69) is 124 Å². The van der Waals surface area contributed by atoms with Crippen molar-refractivity contribution in [3.8, 4) is 0 Å². The van der Waals surface area contributed by atoms with E-state index in [9.17, 15) is 15.3 Å². The summed E-state index contributed by atoms with van der Waals surface area (Å²) in [5, 5.41) is 29.9. The maximum Gasteiger partial charge on any atom is 0.0558 e. The summed E-state index contributed by atoms with van der Waals surface area (Å²) in [5.74, 6) is 0. The van der Waals surface area contributed by atoms with E-state index < -0.39 is 0 Å². The fourth-order valence-corrected chi connectivity index (χ4v) is 7.05. The van der Waals surface area contributed by atoms with E-state index >= 15 is 0 Å². The Kier molecular flexibility index (Phi) is 19.6. The number of hydrogen-bond acceptors (Lipinski definition) is 6. The van der Waals surface area contributed by atoms with Gasteiger partial charge in [0.05, 0.1) is 19.8 Å². The van der Waals surface area contributed by atoms with Gasteiger partial charge >= 0.3 is 0 Å². The highest BCUT2D eigenvalue weighted by atomic mass is 16.3. The van der Waals surface area contributed by atoms with Crippen molar-refractivity contribution in [2.75, 3.05) is 59.1 Å². The van der Waals surface area contributed by atoms with Gasteiger partial charge in [-0.3, -0.25) is 14.7 Å². The van der Waals surface area contributed by atoms with Gasteiger partial charge in [-0.2, -0.15) is 0 Å². The van der Waals surface area contributed by atoms with Gasteiger partial charge < -0.3 is 15.3 Å². The molecule has 276 valence electrons. The van der Waals surface area contributed by atoms with Crippen LogP contribution in [0.3, 0.4) is 0 Å². The summed E-state index contributed by atoms with van der Waals surface area (Å²) < 4.78 is 0. The molecule has 4 aromatic rings. The standard InChI is InChI=1S/C45H63N3O3/c49-31-28-46(25-13-10-22-40-16-4-1-5-17-40)37-43-34-44(38-47(29-32-50)26-14-11-23-41-18-6-2-7-19-41)36-45(35-43)39-48(30-33-51)27-15-12-24-42-20-8-3-9-21-42/h1-9,16-21,34-36,49-51H,10-15,22-33,37-39H2. The van der Waals surface area contributed by atoms with Crippen molar-refractivity contribution in [3.63, 3.8) is 0 Å². The maximum atomic E-state index is 9.96. The van der Waals surface area contributed by atoms with Gasteiger partial charge in [0.2, 0.25) is 0 Å². The van der Waals surface area contributed by atoms with Crippen LogP contribution in [0.15, 0.2) is 109 Å². The lowest BCUT2D eigenvalue weighted by Crippen LogP contribution is -2.30. The first-order valence-electron chi connectivity index (χ1n) is 19.4. The van der Waals surface area contributed by atoms with E-state index in [-0.39, 0.29) is 19.8 Å². The fraction of sp³-hybridized carbons (Fsp3) is 0.467. The topological polar surface area (TPSA) is 70.4 Å². The van der Waals surface area contributed by atoms with E-state index in [0.717, 1.165) is 97.1 Å².